The van der Waals surface area contributed by atoms with Gasteiger partial charge in [-0.1, -0.05) is 41.4 Å². The number of anilines is 2. The maximum Gasteiger partial charge on any atom is 0.338 e. The van der Waals surface area contributed by atoms with Crippen LogP contribution in [-0.2, 0) is 19.6 Å². The van der Waals surface area contributed by atoms with E-state index in [2.05, 4.69) is 5.32 Å². The predicted molar refractivity (Wildman–Crippen MR) is 133 cm³/mol. The second-order valence-electron chi connectivity index (χ2n) is 7.83. The number of fused-ring (bicyclic) bond motifs is 1. The number of aryl methyl sites for hydroxylation is 1. The van der Waals surface area contributed by atoms with Crippen molar-refractivity contribution >= 4 is 44.9 Å². The minimum Gasteiger partial charge on any atom is -0.476 e. The lowest BCUT2D eigenvalue weighted by atomic mass is 10.2. The van der Waals surface area contributed by atoms with Crippen molar-refractivity contribution in [1.82, 2.24) is 0 Å². The van der Waals surface area contributed by atoms with Gasteiger partial charge < -0.3 is 14.8 Å². The first-order chi connectivity index (χ1) is 16.7. The molecule has 8 nitrogen and oxygen atoms in total. The Kier molecular flexibility index (Phi) is 7.00. The number of hydrogen-bond donors (Lipinski definition) is 1. The summed E-state index contributed by atoms with van der Waals surface area (Å²) in [5.41, 5.74) is 1.76. The first-order valence-electron chi connectivity index (χ1n) is 10.8. The van der Waals surface area contributed by atoms with Crippen molar-refractivity contribution in [2.45, 2.75) is 24.8 Å². The summed E-state index contributed by atoms with van der Waals surface area (Å²) in [5.74, 6) is -0.857. The molecule has 35 heavy (non-hydrogen) atoms. The van der Waals surface area contributed by atoms with E-state index in [0.717, 1.165) is 5.56 Å². The number of rotatable bonds is 6. The van der Waals surface area contributed by atoms with E-state index in [1.165, 1.54) is 34.6 Å². The van der Waals surface area contributed by atoms with Gasteiger partial charge in [0.2, 0.25) is 0 Å². The van der Waals surface area contributed by atoms with Crippen LogP contribution in [0.4, 0.5) is 11.4 Å². The monoisotopic (exact) mass is 514 g/mol. The van der Waals surface area contributed by atoms with Crippen LogP contribution in [0.25, 0.3) is 0 Å². The van der Waals surface area contributed by atoms with Gasteiger partial charge in [0, 0.05) is 0 Å². The average Bonchev–Trinajstić information content (AvgIpc) is 2.84. The van der Waals surface area contributed by atoms with Gasteiger partial charge in [0.05, 0.1) is 40.0 Å². The third-order valence-corrected chi connectivity index (χ3v) is 7.48. The number of para-hydroxylation sites is 2. The fraction of sp³-hybridized carbons (Fsp3) is 0.200. The van der Waals surface area contributed by atoms with E-state index in [-0.39, 0.29) is 40.1 Å². The van der Waals surface area contributed by atoms with Crippen LogP contribution in [0.1, 0.15) is 22.8 Å². The molecular weight excluding hydrogens is 492 g/mol. The highest BCUT2D eigenvalue weighted by Gasteiger charge is 2.37. The molecule has 0 radical (unpaired) electrons. The molecule has 0 aromatic heterocycles. The molecule has 1 N–H and O–H groups in total. The third-order valence-electron chi connectivity index (χ3n) is 5.37. The topological polar surface area (TPSA) is 102 Å². The van der Waals surface area contributed by atoms with Crippen molar-refractivity contribution in [2.24, 2.45) is 0 Å². The molecule has 0 spiro atoms. The normalized spacial score (nSPS) is 15.1. The number of hydrogen-bond acceptors (Lipinski definition) is 6. The van der Waals surface area contributed by atoms with Crippen molar-refractivity contribution in [2.75, 3.05) is 22.8 Å². The minimum absolute atomic E-state index is 0.108. The number of carbonyl (C=O) groups excluding carboxylic acids is 2. The van der Waals surface area contributed by atoms with Crippen molar-refractivity contribution in [3.8, 4) is 5.75 Å². The summed E-state index contributed by atoms with van der Waals surface area (Å²) in [5, 5.41) is 2.79. The highest BCUT2D eigenvalue weighted by Crippen LogP contribution is 2.37. The van der Waals surface area contributed by atoms with Crippen LogP contribution in [0.3, 0.4) is 0 Å². The Labute approximate surface area is 208 Å². The second-order valence-corrected chi connectivity index (χ2v) is 10.1. The third kappa shape index (κ3) is 5.11. The largest absolute Gasteiger partial charge is 0.476 e. The number of amides is 1. The number of sulfonamides is 1. The lowest BCUT2D eigenvalue weighted by Crippen LogP contribution is -2.48. The van der Waals surface area contributed by atoms with Crippen LogP contribution in [0, 0.1) is 6.92 Å². The second kappa shape index (κ2) is 9.97. The van der Waals surface area contributed by atoms with E-state index in [4.69, 9.17) is 21.1 Å². The van der Waals surface area contributed by atoms with Crippen LogP contribution in [-0.4, -0.2) is 39.5 Å². The fourth-order valence-corrected chi connectivity index (χ4v) is 5.28. The molecule has 1 amide bonds. The Morgan fingerprint density at radius 3 is 2.51 bits per heavy atom. The Bertz CT molecular complexity index is 1370. The number of nitrogens with zero attached hydrogens (tertiary/aromatic N) is 1. The molecule has 0 unspecified atom stereocenters. The molecule has 182 valence electrons. The molecule has 0 saturated carbocycles. The molecule has 0 aliphatic carbocycles. The van der Waals surface area contributed by atoms with Gasteiger partial charge in [-0.3, -0.25) is 9.10 Å². The Morgan fingerprint density at radius 1 is 1.11 bits per heavy atom. The van der Waals surface area contributed by atoms with Gasteiger partial charge in [-0.2, -0.15) is 0 Å². The van der Waals surface area contributed by atoms with Gasteiger partial charge in [-0.05, 0) is 56.3 Å². The SMILES string of the molecule is CCOC(=O)c1ccc(NC(=O)[C@H]2CN(S(=O)(=O)c3ccc(C)cc3)c3ccccc3O2)c(Cl)c1. The number of benzene rings is 3. The molecule has 0 fully saturated rings. The summed E-state index contributed by atoms with van der Waals surface area (Å²) in [7, 11) is -3.96. The molecule has 4 rings (SSSR count). The van der Waals surface area contributed by atoms with E-state index < -0.39 is 28.0 Å². The van der Waals surface area contributed by atoms with Crippen molar-refractivity contribution in [1.29, 1.82) is 0 Å². The van der Waals surface area contributed by atoms with Crippen LogP contribution in [0.2, 0.25) is 5.02 Å². The van der Waals surface area contributed by atoms with E-state index in [1.807, 2.05) is 6.92 Å². The molecule has 0 saturated heterocycles. The highest BCUT2D eigenvalue weighted by molar-refractivity contribution is 7.92. The summed E-state index contributed by atoms with van der Waals surface area (Å²) in [6.07, 6.45) is -1.15. The Balaban J connectivity index is 1.60. The van der Waals surface area contributed by atoms with Gasteiger partial charge in [0.15, 0.2) is 6.10 Å². The molecule has 3 aromatic carbocycles. The van der Waals surface area contributed by atoms with Gasteiger partial charge in [0.25, 0.3) is 15.9 Å². The molecular formula is C25H23ClN2O6S. The minimum atomic E-state index is -3.96. The number of carbonyl (C=O) groups is 2. The number of esters is 1. The van der Waals surface area contributed by atoms with E-state index in [0.29, 0.717) is 5.69 Å². The summed E-state index contributed by atoms with van der Waals surface area (Å²) in [6, 6.07) is 17.5. The molecule has 1 atom stereocenters. The van der Waals surface area contributed by atoms with Gasteiger partial charge in [-0.25, -0.2) is 13.2 Å². The molecule has 3 aromatic rings. The van der Waals surface area contributed by atoms with Crippen molar-refractivity contribution < 1.29 is 27.5 Å². The lowest BCUT2D eigenvalue weighted by Gasteiger charge is -2.34. The molecule has 0 bridgehead atoms. The van der Waals surface area contributed by atoms with Crippen molar-refractivity contribution in [3.63, 3.8) is 0 Å². The molecule has 10 heteroatoms. The number of nitrogens with one attached hydrogen (secondary N) is 1. The quantitative estimate of drug-likeness (QED) is 0.488. The van der Waals surface area contributed by atoms with E-state index in [9.17, 15) is 18.0 Å². The number of ether oxygens (including phenoxy) is 2. The van der Waals surface area contributed by atoms with Gasteiger partial charge in [-0.15, -0.1) is 0 Å². The first-order valence-corrected chi connectivity index (χ1v) is 12.6. The molecule has 1 aliphatic rings. The smallest absolute Gasteiger partial charge is 0.338 e. The highest BCUT2D eigenvalue weighted by atomic mass is 35.5. The van der Waals surface area contributed by atoms with Crippen LogP contribution < -0.4 is 14.4 Å². The number of halogens is 1. The zero-order valence-electron chi connectivity index (χ0n) is 19.0. The first kappa shape index (κ1) is 24.6. The average molecular weight is 515 g/mol. The zero-order chi connectivity index (χ0) is 25.2. The lowest BCUT2D eigenvalue weighted by molar-refractivity contribution is -0.122. The van der Waals surface area contributed by atoms with Crippen molar-refractivity contribution in [3.05, 3.63) is 82.9 Å². The van der Waals surface area contributed by atoms with Gasteiger partial charge in [0.1, 0.15) is 5.75 Å². The van der Waals surface area contributed by atoms with E-state index in [1.54, 1.807) is 43.3 Å². The maximum absolute atomic E-state index is 13.5. The summed E-state index contributed by atoms with van der Waals surface area (Å²) < 4.78 is 38.9. The van der Waals surface area contributed by atoms with Gasteiger partial charge >= 0.3 is 5.97 Å². The zero-order valence-corrected chi connectivity index (χ0v) is 20.6. The fourth-order valence-electron chi connectivity index (χ4n) is 3.57. The van der Waals surface area contributed by atoms with Crippen LogP contribution >= 0.6 is 11.6 Å². The summed E-state index contributed by atoms with van der Waals surface area (Å²) >= 11 is 6.26. The molecule has 1 aliphatic heterocycles. The van der Waals surface area contributed by atoms with E-state index >= 15 is 0 Å². The summed E-state index contributed by atoms with van der Waals surface area (Å²) in [6.45, 7) is 3.54. The summed E-state index contributed by atoms with van der Waals surface area (Å²) in [4.78, 5) is 25.1. The van der Waals surface area contributed by atoms with Crippen LogP contribution in [0.5, 0.6) is 5.75 Å². The standard InChI is InChI=1S/C25H23ClN2O6S/c1-3-33-25(30)17-10-13-20(19(26)14-17)27-24(29)23-15-28(21-6-4-5-7-22(21)34-23)35(31,32)18-11-8-16(2)9-12-18/h4-14,23H,3,15H2,1-2H3,(H,27,29)/t23-/m1/s1. The molecule has 1 heterocycles. The Hall–Kier alpha value is -3.56. The Morgan fingerprint density at radius 2 is 1.83 bits per heavy atom. The maximum atomic E-state index is 13.5. The van der Waals surface area contributed by atoms with Crippen LogP contribution in [0.15, 0.2) is 71.6 Å². The predicted octanol–water partition coefficient (Wildman–Crippen LogP) is 4.42.